The van der Waals surface area contributed by atoms with Gasteiger partial charge in [-0.1, -0.05) is 6.07 Å². The van der Waals surface area contributed by atoms with Gasteiger partial charge in [-0.15, -0.1) is 0 Å². The van der Waals surface area contributed by atoms with E-state index in [0.29, 0.717) is 12.0 Å². The summed E-state index contributed by atoms with van der Waals surface area (Å²) in [5.41, 5.74) is 0.783. The number of hydrogen-bond acceptors (Lipinski definition) is 2. The van der Waals surface area contributed by atoms with Gasteiger partial charge in [-0.25, -0.2) is 0 Å². The summed E-state index contributed by atoms with van der Waals surface area (Å²) in [7, 11) is 0. The first-order valence-electron chi connectivity index (χ1n) is 6.24. The summed E-state index contributed by atoms with van der Waals surface area (Å²) in [4.78, 5) is 2.13. The predicted molar refractivity (Wildman–Crippen MR) is 63.8 cm³/mol. The van der Waals surface area contributed by atoms with Gasteiger partial charge in [0.1, 0.15) is 0 Å². The topological polar surface area (TPSA) is 15.3 Å². The van der Waals surface area contributed by atoms with E-state index < -0.39 is 11.7 Å². The van der Waals surface area contributed by atoms with Crippen molar-refractivity contribution in [2.45, 2.75) is 25.1 Å². The average molecular weight is 256 g/mol. The lowest BCUT2D eigenvalue weighted by atomic mass is 10.0. The molecule has 18 heavy (non-hydrogen) atoms. The van der Waals surface area contributed by atoms with Crippen LogP contribution in [0.2, 0.25) is 0 Å². The van der Waals surface area contributed by atoms with Crippen LogP contribution in [0.1, 0.15) is 17.5 Å². The monoisotopic (exact) mass is 256 g/mol. The van der Waals surface area contributed by atoms with E-state index in [1.807, 2.05) is 6.07 Å². The Bertz CT molecular complexity index is 456. The maximum absolute atomic E-state index is 13.0. The van der Waals surface area contributed by atoms with E-state index >= 15 is 0 Å². The van der Waals surface area contributed by atoms with E-state index in [1.54, 1.807) is 0 Å². The van der Waals surface area contributed by atoms with Crippen molar-refractivity contribution in [2.24, 2.45) is 0 Å². The molecule has 2 aliphatic heterocycles. The van der Waals surface area contributed by atoms with Crippen LogP contribution in [-0.4, -0.2) is 25.7 Å². The molecular formula is C13H15F3N2. The van der Waals surface area contributed by atoms with Crippen LogP contribution in [0.25, 0.3) is 0 Å². The molecule has 2 heterocycles. The van der Waals surface area contributed by atoms with E-state index in [4.69, 9.17) is 0 Å². The number of alkyl halides is 3. The number of benzene rings is 1. The van der Waals surface area contributed by atoms with Crippen molar-refractivity contribution >= 4 is 5.69 Å². The fraction of sp³-hybridized carbons (Fsp3) is 0.538. The Morgan fingerprint density at radius 2 is 2.11 bits per heavy atom. The van der Waals surface area contributed by atoms with Gasteiger partial charge in [-0.05, 0) is 37.1 Å². The minimum absolute atomic E-state index is 0.172. The number of nitrogens with one attached hydrogen (secondary N) is 1. The molecule has 2 nitrogen and oxygen atoms in total. The quantitative estimate of drug-likeness (QED) is 0.767. The van der Waals surface area contributed by atoms with Gasteiger partial charge in [-0.2, -0.15) is 13.2 Å². The lowest BCUT2D eigenvalue weighted by molar-refractivity contribution is -0.138. The van der Waals surface area contributed by atoms with E-state index in [0.717, 1.165) is 31.7 Å². The van der Waals surface area contributed by atoms with E-state index in [9.17, 15) is 13.2 Å². The number of nitrogens with zero attached hydrogens (tertiary/aromatic N) is 1. The molecule has 5 heteroatoms. The van der Waals surface area contributed by atoms with Gasteiger partial charge in [-0.3, -0.25) is 0 Å². The molecule has 2 aliphatic rings. The lowest BCUT2D eigenvalue weighted by Gasteiger charge is -2.24. The molecule has 0 aromatic heterocycles. The molecule has 1 N–H and O–H groups in total. The normalized spacial score (nSPS) is 23.5. The summed E-state index contributed by atoms with van der Waals surface area (Å²) in [5.74, 6) is 0. The van der Waals surface area contributed by atoms with Crippen LogP contribution in [0.5, 0.6) is 0 Å². The van der Waals surface area contributed by atoms with Gasteiger partial charge in [0.25, 0.3) is 0 Å². The molecule has 1 aromatic carbocycles. The maximum atomic E-state index is 13.0. The van der Waals surface area contributed by atoms with E-state index in [-0.39, 0.29) is 6.04 Å². The Hall–Kier alpha value is -1.23. The minimum Gasteiger partial charge on any atom is -0.367 e. The van der Waals surface area contributed by atoms with Crippen LogP contribution in [0.15, 0.2) is 18.2 Å². The van der Waals surface area contributed by atoms with Crippen molar-refractivity contribution in [1.82, 2.24) is 5.32 Å². The average Bonchev–Trinajstić information content (AvgIpc) is 2.51. The van der Waals surface area contributed by atoms with Crippen LogP contribution < -0.4 is 10.2 Å². The third-order valence-corrected chi connectivity index (χ3v) is 3.78. The van der Waals surface area contributed by atoms with Crippen molar-refractivity contribution in [3.63, 3.8) is 0 Å². The second kappa shape index (κ2) is 4.16. The number of halogens is 3. The zero-order chi connectivity index (χ0) is 12.8. The van der Waals surface area contributed by atoms with Crippen LogP contribution in [-0.2, 0) is 12.6 Å². The standard InChI is InChI=1S/C13H15F3N2/c14-13(15,16)11-3-1-4-12-10(11)7-9-8-17-5-2-6-18(9)12/h1,3-4,9,17H,2,5-8H2. The van der Waals surface area contributed by atoms with Crippen molar-refractivity contribution < 1.29 is 13.2 Å². The van der Waals surface area contributed by atoms with Crippen LogP contribution >= 0.6 is 0 Å². The lowest BCUT2D eigenvalue weighted by Crippen LogP contribution is -2.36. The molecular weight excluding hydrogens is 241 g/mol. The fourth-order valence-electron chi connectivity index (χ4n) is 2.99. The molecule has 3 rings (SSSR count). The maximum Gasteiger partial charge on any atom is 0.416 e. The molecule has 1 saturated heterocycles. The summed E-state index contributed by atoms with van der Waals surface area (Å²) in [6, 6.07) is 4.70. The third kappa shape index (κ3) is 1.86. The smallest absolute Gasteiger partial charge is 0.367 e. The van der Waals surface area contributed by atoms with Crippen molar-refractivity contribution in [1.29, 1.82) is 0 Å². The first-order chi connectivity index (χ1) is 8.57. The largest absolute Gasteiger partial charge is 0.416 e. The number of anilines is 1. The highest BCUT2D eigenvalue weighted by Gasteiger charge is 2.39. The van der Waals surface area contributed by atoms with E-state index in [2.05, 4.69) is 10.2 Å². The predicted octanol–water partition coefficient (Wildman–Crippen LogP) is 2.43. The number of hydrogen-bond donors (Lipinski definition) is 1. The van der Waals surface area contributed by atoms with Gasteiger partial charge in [0.05, 0.1) is 5.56 Å². The molecule has 1 atom stereocenters. The Kier molecular flexibility index (Phi) is 2.73. The third-order valence-electron chi connectivity index (χ3n) is 3.78. The van der Waals surface area contributed by atoms with E-state index in [1.165, 1.54) is 12.1 Å². The Morgan fingerprint density at radius 1 is 1.28 bits per heavy atom. The molecule has 1 unspecified atom stereocenters. The molecule has 0 aliphatic carbocycles. The molecule has 1 fully saturated rings. The molecule has 0 radical (unpaired) electrons. The summed E-state index contributed by atoms with van der Waals surface area (Å²) < 4.78 is 38.9. The van der Waals surface area contributed by atoms with Crippen molar-refractivity contribution in [3.05, 3.63) is 29.3 Å². The molecule has 0 amide bonds. The highest BCUT2D eigenvalue weighted by Crippen LogP contribution is 2.41. The minimum atomic E-state index is -4.25. The molecule has 0 bridgehead atoms. The molecule has 98 valence electrons. The zero-order valence-corrected chi connectivity index (χ0v) is 9.93. The highest BCUT2D eigenvalue weighted by atomic mass is 19.4. The van der Waals surface area contributed by atoms with Gasteiger partial charge in [0, 0.05) is 24.8 Å². The highest BCUT2D eigenvalue weighted by molar-refractivity contribution is 5.63. The zero-order valence-electron chi connectivity index (χ0n) is 9.93. The van der Waals surface area contributed by atoms with Gasteiger partial charge >= 0.3 is 6.18 Å². The second-order valence-corrected chi connectivity index (χ2v) is 4.91. The molecule has 0 saturated carbocycles. The summed E-state index contributed by atoms with van der Waals surface area (Å²) in [6.07, 6.45) is -2.77. The molecule has 0 spiro atoms. The van der Waals surface area contributed by atoms with Crippen LogP contribution in [0, 0.1) is 0 Å². The van der Waals surface area contributed by atoms with Crippen molar-refractivity contribution in [2.75, 3.05) is 24.5 Å². The summed E-state index contributed by atoms with van der Waals surface area (Å²) >= 11 is 0. The van der Waals surface area contributed by atoms with Crippen molar-refractivity contribution in [3.8, 4) is 0 Å². The van der Waals surface area contributed by atoms with Gasteiger partial charge < -0.3 is 10.2 Å². The Balaban J connectivity index is 2.03. The Morgan fingerprint density at radius 3 is 2.89 bits per heavy atom. The number of rotatable bonds is 0. The first kappa shape index (κ1) is 11.8. The number of fused-ring (bicyclic) bond motifs is 3. The Labute approximate surface area is 104 Å². The fourth-order valence-corrected chi connectivity index (χ4v) is 2.99. The first-order valence-corrected chi connectivity index (χ1v) is 6.24. The SMILES string of the molecule is FC(F)(F)c1cccc2c1CC1CNCCCN21. The van der Waals surface area contributed by atoms with Crippen LogP contribution in [0.4, 0.5) is 18.9 Å². The van der Waals surface area contributed by atoms with Gasteiger partial charge in [0.15, 0.2) is 0 Å². The summed E-state index contributed by atoms with van der Waals surface area (Å²) in [5, 5.41) is 3.29. The summed E-state index contributed by atoms with van der Waals surface area (Å²) in [6.45, 7) is 2.55. The van der Waals surface area contributed by atoms with Gasteiger partial charge in [0.2, 0.25) is 0 Å². The molecule has 1 aromatic rings. The van der Waals surface area contributed by atoms with Crippen LogP contribution in [0.3, 0.4) is 0 Å². The second-order valence-electron chi connectivity index (χ2n) is 4.91.